The van der Waals surface area contributed by atoms with Crippen molar-refractivity contribution in [3.63, 3.8) is 0 Å². The number of anilines is 1. The largest absolute Gasteiger partial charge is 0.465 e. The summed E-state index contributed by atoms with van der Waals surface area (Å²) >= 11 is 6.23. The first kappa shape index (κ1) is 17.7. The normalized spacial score (nSPS) is 13.8. The van der Waals surface area contributed by atoms with E-state index in [0.717, 1.165) is 0 Å². The highest BCUT2D eigenvalue weighted by Crippen LogP contribution is 2.35. The number of methoxy groups -OCH3 is 2. The Morgan fingerprint density at radius 1 is 1.12 bits per heavy atom. The SMILES string of the molecule is COC(=O)C1=C(C(=O)OC)N(c2ccc(F)c(C)c2Cl)C=CC=C1. The lowest BCUT2D eigenvalue weighted by atomic mass is 10.1. The van der Waals surface area contributed by atoms with Crippen molar-refractivity contribution in [1.29, 1.82) is 0 Å². The Morgan fingerprint density at radius 2 is 1.79 bits per heavy atom. The smallest absolute Gasteiger partial charge is 0.355 e. The maximum Gasteiger partial charge on any atom is 0.355 e. The quantitative estimate of drug-likeness (QED) is 0.782. The zero-order valence-electron chi connectivity index (χ0n) is 13.3. The number of hydrogen-bond donors (Lipinski definition) is 0. The van der Waals surface area contributed by atoms with E-state index < -0.39 is 17.8 Å². The minimum Gasteiger partial charge on any atom is -0.465 e. The molecule has 126 valence electrons. The molecule has 0 saturated carbocycles. The number of hydrogen-bond acceptors (Lipinski definition) is 5. The molecule has 0 saturated heterocycles. The number of allylic oxidation sites excluding steroid dienone is 2. The predicted octanol–water partition coefficient (Wildman–Crippen LogP) is 3.28. The predicted molar refractivity (Wildman–Crippen MR) is 88.0 cm³/mol. The fourth-order valence-corrected chi connectivity index (χ4v) is 2.43. The number of benzene rings is 1. The lowest BCUT2D eigenvalue weighted by molar-refractivity contribution is -0.139. The lowest BCUT2D eigenvalue weighted by Gasteiger charge is -2.24. The maximum atomic E-state index is 13.7. The van der Waals surface area contributed by atoms with Gasteiger partial charge in [0.15, 0.2) is 0 Å². The van der Waals surface area contributed by atoms with Gasteiger partial charge in [-0.1, -0.05) is 17.7 Å². The van der Waals surface area contributed by atoms with Crippen molar-refractivity contribution in [2.75, 3.05) is 19.1 Å². The summed E-state index contributed by atoms with van der Waals surface area (Å²) in [5, 5.41) is 0.118. The Labute approximate surface area is 143 Å². The highest BCUT2D eigenvalue weighted by molar-refractivity contribution is 6.34. The molecule has 0 aromatic heterocycles. The van der Waals surface area contributed by atoms with Crippen LogP contribution in [0.4, 0.5) is 10.1 Å². The lowest BCUT2D eigenvalue weighted by Crippen LogP contribution is -2.27. The van der Waals surface area contributed by atoms with Crippen LogP contribution in [0.25, 0.3) is 0 Å². The third-order valence-electron chi connectivity index (χ3n) is 3.45. The summed E-state index contributed by atoms with van der Waals surface area (Å²) in [5.74, 6) is -1.95. The number of halogens is 2. The van der Waals surface area contributed by atoms with E-state index in [-0.39, 0.29) is 21.9 Å². The second-order valence-electron chi connectivity index (χ2n) is 4.82. The van der Waals surface area contributed by atoms with Gasteiger partial charge in [0.2, 0.25) is 0 Å². The molecule has 1 heterocycles. The van der Waals surface area contributed by atoms with Gasteiger partial charge in [-0.15, -0.1) is 0 Å². The van der Waals surface area contributed by atoms with E-state index in [2.05, 4.69) is 0 Å². The Hall–Kier alpha value is -2.60. The van der Waals surface area contributed by atoms with E-state index >= 15 is 0 Å². The first-order valence-electron chi connectivity index (χ1n) is 6.92. The van der Waals surface area contributed by atoms with Gasteiger partial charge in [-0.25, -0.2) is 14.0 Å². The van der Waals surface area contributed by atoms with E-state index in [4.69, 9.17) is 21.1 Å². The number of carbonyl (C=O) groups is 2. The number of nitrogens with zero attached hydrogens (tertiary/aromatic N) is 1. The Morgan fingerprint density at radius 3 is 2.42 bits per heavy atom. The average Bonchev–Trinajstić information content (AvgIpc) is 2.81. The van der Waals surface area contributed by atoms with Crippen LogP contribution in [-0.2, 0) is 19.1 Å². The summed E-state index contributed by atoms with van der Waals surface area (Å²) in [6.45, 7) is 1.52. The molecule has 0 N–H and O–H groups in total. The van der Waals surface area contributed by atoms with Crippen molar-refractivity contribution in [3.05, 3.63) is 64.2 Å². The molecule has 1 aliphatic heterocycles. The molecular formula is C17H15ClFNO4. The Bertz CT molecular complexity index is 783. The van der Waals surface area contributed by atoms with Crippen LogP contribution in [0.2, 0.25) is 5.02 Å². The number of ether oxygens (including phenoxy) is 2. The Balaban J connectivity index is 2.73. The fourth-order valence-electron chi connectivity index (χ4n) is 2.18. The molecule has 0 bridgehead atoms. The van der Waals surface area contributed by atoms with E-state index in [9.17, 15) is 14.0 Å². The van der Waals surface area contributed by atoms with Gasteiger partial charge in [0.25, 0.3) is 0 Å². The molecular weight excluding hydrogens is 337 g/mol. The molecule has 2 rings (SSSR count). The van der Waals surface area contributed by atoms with Crippen molar-refractivity contribution >= 4 is 29.2 Å². The van der Waals surface area contributed by atoms with Crippen LogP contribution in [0.15, 0.2) is 47.8 Å². The number of rotatable bonds is 3. The van der Waals surface area contributed by atoms with Gasteiger partial charge in [0.05, 0.1) is 30.5 Å². The third kappa shape index (κ3) is 3.19. The summed E-state index contributed by atoms with van der Waals surface area (Å²) in [6.07, 6.45) is 6.13. The molecule has 0 unspecified atom stereocenters. The summed E-state index contributed by atoms with van der Waals surface area (Å²) in [5.41, 5.74) is 0.468. The van der Waals surface area contributed by atoms with Crippen LogP contribution in [0.3, 0.4) is 0 Å². The van der Waals surface area contributed by atoms with Crippen LogP contribution in [-0.4, -0.2) is 26.2 Å². The average molecular weight is 352 g/mol. The van der Waals surface area contributed by atoms with Gasteiger partial charge in [0, 0.05) is 11.8 Å². The summed E-state index contributed by atoms with van der Waals surface area (Å²) in [7, 11) is 2.40. The number of esters is 2. The molecule has 0 atom stereocenters. The van der Waals surface area contributed by atoms with Crippen LogP contribution in [0.5, 0.6) is 0 Å². The minimum absolute atomic E-state index is 0.00704. The molecule has 7 heteroatoms. The molecule has 0 spiro atoms. The van der Waals surface area contributed by atoms with E-state index in [0.29, 0.717) is 5.69 Å². The van der Waals surface area contributed by atoms with Gasteiger partial charge in [-0.2, -0.15) is 0 Å². The zero-order chi connectivity index (χ0) is 17.9. The molecule has 1 aromatic rings. The standard InChI is InChI=1S/C17H15ClFNO4/c1-10-12(19)7-8-13(14(10)18)20-9-5-4-6-11(16(21)23-2)15(20)17(22)24-3/h4-9H,1-3H3. The molecule has 0 aliphatic carbocycles. The van der Waals surface area contributed by atoms with Crippen molar-refractivity contribution in [2.45, 2.75) is 6.92 Å². The van der Waals surface area contributed by atoms with E-state index in [1.165, 1.54) is 50.5 Å². The van der Waals surface area contributed by atoms with Crippen LogP contribution >= 0.6 is 11.6 Å². The molecule has 1 aromatic carbocycles. The van der Waals surface area contributed by atoms with Gasteiger partial charge < -0.3 is 14.4 Å². The third-order valence-corrected chi connectivity index (χ3v) is 3.93. The summed E-state index contributed by atoms with van der Waals surface area (Å²) in [4.78, 5) is 25.7. The molecule has 0 amide bonds. The first-order valence-corrected chi connectivity index (χ1v) is 7.29. The van der Waals surface area contributed by atoms with Crippen LogP contribution < -0.4 is 4.90 Å². The topological polar surface area (TPSA) is 55.8 Å². The zero-order valence-corrected chi connectivity index (χ0v) is 14.1. The van der Waals surface area contributed by atoms with Crippen molar-refractivity contribution in [1.82, 2.24) is 0 Å². The number of carbonyl (C=O) groups excluding carboxylic acids is 2. The van der Waals surface area contributed by atoms with Gasteiger partial charge in [0.1, 0.15) is 11.5 Å². The molecule has 1 aliphatic rings. The van der Waals surface area contributed by atoms with Gasteiger partial charge >= 0.3 is 11.9 Å². The molecule has 0 radical (unpaired) electrons. The van der Waals surface area contributed by atoms with Crippen molar-refractivity contribution < 1.29 is 23.5 Å². The minimum atomic E-state index is -0.760. The van der Waals surface area contributed by atoms with Gasteiger partial charge in [-0.05, 0) is 31.2 Å². The summed E-state index contributed by atoms with van der Waals surface area (Å²) < 4.78 is 23.2. The van der Waals surface area contributed by atoms with Crippen LogP contribution in [0.1, 0.15) is 5.56 Å². The first-order chi connectivity index (χ1) is 11.4. The molecule has 0 fully saturated rings. The highest BCUT2D eigenvalue weighted by atomic mass is 35.5. The monoisotopic (exact) mass is 351 g/mol. The highest BCUT2D eigenvalue weighted by Gasteiger charge is 2.28. The fraction of sp³-hybridized carbons (Fsp3) is 0.176. The van der Waals surface area contributed by atoms with Crippen LogP contribution in [0, 0.1) is 12.7 Å². The van der Waals surface area contributed by atoms with E-state index in [1.54, 1.807) is 12.2 Å². The Kier molecular flexibility index (Phi) is 5.41. The molecule has 5 nitrogen and oxygen atoms in total. The van der Waals surface area contributed by atoms with Crippen molar-refractivity contribution in [3.8, 4) is 0 Å². The maximum absolute atomic E-state index is 13.7. The second-order valence-corrected chi connectivity index (χ2v) is 5.20. The summed E-state index contributed by atoms with van der Waals surface area (Å²) in [6, 6.07) is 2.65. The molecule has 24 heavy (non-hydrogen) atoms. The van der Waals surface area contributed by atoms with Crippen molar-refractivity contribution in [2.24, 2.45) is 0 Å². The second kappa shape index (κ2) is 7.31. The van der Waals surface area contributed by atoms with E-state index in [1.807, 2.05) is 0 Å². The van der Waals surface area contributed by atoms with Gasteiger partial charge in [-0.3, -0.25) is 0 Å².